The molecule has 2 fully saturated rings. The van der Waals surface area contributed by atoms with Gasteiger partial charge in [0.25, 0.3) is 0 Å². The molecule has 15 heavy (non-hydrogen) atoms. The van der Waals surface area contributed by atoms with E-state index in [0.717, 1.165) is 19.4 Å². The van der Waals surface area contributed by atoms with E-state index < -0.39 is 0 Å². The lowest BCUT2D eigenvalue weighted by Gasteiger charge is -2.29. The first-order valence-electron chi connectivity index (χ1n) is 6.12. The van der Waals surface area contributed by atoms with Gasteiger partial charge in [-0.1, -0.05) is 13.3 Å². The summed E-state index contributed by atoms with van der Waals surface area (Å²) in [5.74, 6) is 1.81. The molecule has 86 valence electrons. The van der Waals surface area contributed by atoms with Gasteiger partial charge in [0.15, 0.2) is 0 Å². The van der Waals surface area contributed by atoms with Gasteiger partial charge in [0.2, 0.25) is 5.91 Å². The normalized spacial score (nSPS) is 39.1. The van der Waals surface area contributed by atoms with Crippen LogP contribution in [0.3, 0.4) is 0 Å². The Morgan fingerprint density at radius 2 is 2.13 bits per heavy atom. The third-order valence-corrected chi connectivity index (χ3v) is 4.19. The van der Waals surface area contributed by atoms with Crippen LogP contribution in [0.2, 0.25) is 0 Å². The minimum absolute atomic E-state index is 0.314. The minimum atomic E-state index is 0.314. The number of carbonyl (C=O) groups is 1. The first-order valence-corrected chi connectivity index (χ1v) is 6.12. The molecule has 4 atom stereocenters. The molecule has 2 rings (SSSR count). The Kier molecular flexibility index (Phi) is 3.01. The van der Waals surface area contributed by atoms with Crippen LogP contribution in [-0.4, -0.2) is 30.4 Å². The van der Waals surface area contributed by atoms with Gasteiger partial charge in [-0.2, -0.15) is 0 Å². The number of amides is 1. The van der Waals surface area contributed by atoms with Crippen LogP contribution in [0, 0.1) is 17.8 Å². The van der Waals surface area contributed by atoms with E-state index in [1.165, 1.54) is 12.8 Å². The highest BCUT2D eigenvalue weighted by Gasteiger charge is 2.43. The van der Waals surface area contributed by atoms with E-state index in [1.54, 1.807) is 0 Å². The number of carbonyl (C=O) groups excluding carboxylic acids is 1. The molecule has 0 aromatic carbocycles. The van der Waals surface area contributed by atoms with Crippen LogP contribution >= 0.6 is 0 Å². The van der Waals surface area contributed by atoms with Crippen molar-refractivity contribution in [2.24, 2.45) is 23.5 Å². The number of nitrogens with zero attached hydrogens (tertiary/aromatic N) is 1. The van der Waals surface area contributed by atoms with Crippen LogP contribution in [0.4, 0.5) is 0 Å². The molecule has 2 saturated carbocycles. The lowest BCUT2D eigenvalue weighted by atomic mass is 10.0. The van der Waals surface area contributed by atoms with E-state index >= 15 is 0 Å². The molecule has 0 aliphatic heterocycles. The van der Waals surface area contributed by atoms with Gasteiger partial charge in [-0.25, -0.2) is 0 Å². The maximum atomic E-state index is 12.0. The van der Waals surface area contributed by atoms with E-state index in [4.69, 9.17) is 5.73 Å². The summed E-state index contributed by atoms with van der Waals surface area (Å²) in [7, 11) is 1.96. The standard InChI is InChI=1S/C12H22N2O/c1-8-6-10(8)12(15)14(2)11-5-3-4-9(11)7-13/h8-11H,3-7,13H2,1-2H3. The van der Waals surface area contributed by atoms with Gasteiger partial charge in [-0.15, -0.1) is 0 Å². The molecule has 0 aromatic rings. The molecule has 2 aliphatic carbocycles. The van der Waals surface area contributed by atoms with Crippen LogP contribution in [0.5, 0.6) is 0 Å². The maximum absolute atomic E-state index is 12.0. The molecule has 3 heteroatoms. The summed E-state index contributed by atoms with van der Waals surface area (Å²) in [4.78, 5) is 14.0. The average molecular weight is 210 g/mol. The van der Waals surface area contributed by atoms with E-state index in [9.17, 15) is 4.79 Å². The number of hydrogen-bond donors (Lipinski definition) is 1. The Balaban J connectivity index is 1.94. The van der Waals surface area contributed by atoms with Crippen molar-refractivity contribution in [1.82, 2.24) is 4.90 Å². The number of hydrogen-bond acceptors (Lipinski definition) is 2. The molecule has 0 bridgehead atoms. The molecular weight excluding hydrogens is 188 g/mol. The van der Waals surface area contributed by atoms with Gasteiger partial charge in [-0.3, -0.25) is 4.79 Å². The highest BCUT2D eigenvalue weighted by Crippen LogP contribution is 2.40. The van der Waals surface area contributed by atoms with Crippen molar-refractivity contribution in [2.45, 2.75) is 38.6 Å². The SMILES string of the molecule is CC1CC1C(=O)N(C)C1CCCC1CN. The fourth-order valence-electron chi connectivity index (χ4n) is 2.89. The molecule has 4 unspecified atom stereocenters. The summed E-state index contributed by atoms with van der Waals surface area (Å²) in [5.41, 5.74) is 5.74. The molecule has 0 aromatic heterocycles. The van der Waals surface area contributed by atoms with Crippen LogP contribution < -0.4 is 5.73 Å². The van der Waals surface area contributed by atoms with E-state index in [-0.39, 0.29) is 0 Å². The van der Waals surface area contributed by atoms with Crippen LogP contribution in [0.25, 0.3) is 0 Å². The van der Waals surface area contributed by atoms with E-state index in [1.807, 2.05) is 11.9 Å². The fraction of sp³-hybridized carbons (Fsp3) is 0.917. The monoisotopic (exact) mass is 210 g/mol. The van der Waals surface area contributed by atoms with Gasteiger partial charge in [0, 0.05) is 19.0 Å². The molecule has 0 saturated heterocycles. The van der Waals surface area contributed by atoms with Crippen molar-refractivity contribution < 1.29 is 4.79 Å². The zero-order chi connectivity index (χ0) is 11.0. The van der Waals surface area contributed by atoms with Crippen molar-refractivity contribution >= 4 is 5.91 Å². The summed E-state index contributed by atoms with van der Waals surface area (Å²) >= 11 is 0. The highest BCUT2D eigenvalue weighted by molar-refractivity contribution is 5.81. The Morgan fingerprint density at radius 3 is 2.67 bits per heavy atom. The summed E-state index contributed by atoms with van der Waals surface area (Å²) < 4.78 is 0. The van der Waals surface area contributed by atoms with Gasteiger partial charge in [0.05, 0.1) is 0 Å². The first-order chi connectivity index (χ1) is 7.15. The summed E-state index contributed by atoms with van der Waals surface area (Å²) in [5, 5.41) is 0. The predicted octanol–water partition coefficient (Wildman–Crippen LogP) is 1.23. The summed E-state index contributed by atoms with van der Waals surface area (Å²) in [6.07, 6.45) is 4.65. The van der Waals surface area contributed by atoms with Crippen molar-refractivity contribution in [3.63, 3.8) is 0 Å². The van der Waals surface area contributed by atoms with Crippen molar-refractivity contribution in [1.29, 1.82) is 0 Å². The van der Waals surface area contributed by atoms with Crippen molar-refractivity contribution in [3.8, 4) is 0 Å². The molecule has 3 nitrogen and oxygen atoms in total. The Labute approximate surface area is 92.0 Å². The van der Waals surface area contributed by atoms with Gasteiger partial charge in [-0.05, 0) is 37.6 Å². The molecule has 0 radical (unpaired) electrons. The maximum Gasteiger partial charge on any atom is 0.225 e. The van der Waals surface area contributed by atoms with Gasteiger partial charge >= 0.3 is 0 Å². The van der Waals surface area contributed by atoms with Crippen molar-refractivity contribution in [2.75, 3.05) is 13.6 Å². The second-order valence-corrected chi connectivity index (χ2v) is 5.26. The third-order valence-electron chi connectivity index (χ3n) is 4.19. The van der Waals surface area contributed by atoms with Crippen LogP contribution in [-0.2, 0) is 4.79 Å². The van der Waals surface area contributed by atoms with E-state index in [2.05, 4.69) is 6.92 Å². The lowest BCUT2D eigenvalue weighted by Crippen LogP contribution is -2.42. The fourth-order valence-corrected chi connectivity index (χ4v) is 2.89. The van der Waals surface area contributed by atoms with Crippen LogP contribution in [0.15, 0.2) is 0 Å². The van der Waals surface area contributed by atoms with Crippen LogP contribution in [0.1, 0.15) is 32.6 Å². The minimum Gasteiger partial charge on any atom is -0.342 e. The Hall–Kier alpha value is -0.570. The quantitative estimate of drug-likeness (QED) is 0.761. The molecule has 0 heterocycles. The third kappa shape index (κ3) is 2.03. The molecule has 1 amide bonds. The van der Waals surface area contributed by atoms with Crippen molar-refractivity contribution in [3.05, 3.63) is 0 Å². The molecule has 2 N–H and O–H groups in total. The zero-order valence-electron chi connectivity index (χ0n) is 9.78. The predicted molar refractivity (Wildman–Crippen MR) is 60.2 cm³/mol. The average Bonchev–Trinajstić information content (AvgIpc) is 2.80. The zero-order valence-corrected chi connectivity index (χ0v) is 9.78. The highest BCUT2D eigenvalue weighted by atomic mass is 16.2. The molecule has 2 aliphatic rings. The summed E-state index contributed by atoms with van der Waals surface area (Å²) in [6.45, 7) is 2.88. The lowest BCUT2D eigenvalue weighted by molar-refractivity contribution is -0.134. The second kappa shape index (κ2) is 4.12. The number of nitrogens with two attached hydrogens (primary N) is 1. The summed E-state index contributed by atoms with van der Waals surface area (Å²) in [6, 6.07) is 0.412. The topological polar surface area (TPSA) is 46.3 Å². The number of rotatable bonds is 3. The molecule has 0 spiro atoms. The van der Waals surface area contributed by atoms with Gasteiger partial charge in [0.1, 0.15) is 0 Å². The second-order valence-electron chi connectivity index (χ2n) is 5.26. The van der Waals surface area contributed by atoms with Gasteiger partial charge < -0.3 is 10.6 Å². The first kappa shape index (κ1) is 10.9. The molecular formula is C12H22N2O. The Bertz CT molecular complexity index is 254. The smallest absolute Gasteiger partial charge is 0.225 e. The largest absolute Gasteiger partial charge is 0.342 e. The Morgan fingerprint density at radius 1 is 1.47 bits per heavy atom. The van der Waals surface area contributed by atoms with E-state index in [0.29, 0.717) is 29.7 Å².